The van der Waals surface area contributed by atoms with Crippen LogP contribution in [0, 0.1) is 12.2 Å². The zero-order valence-corrected chi connectivity index (χ0v) is 22.1. The van der Waals surface area contributed by atoms with Crippen molar-refractivity contribution < 1.29 is 26.2 Å². The van der Waals surface area contributed by atoms with E-state index in [9.17, 15) is 0 Å². The van der Waals surface area contributed by atoms with Gasteiger partial charge in [0.15, 0.2) is 0 Å². The molecule has 0 aromatic carbocycles. The molecule has 0 bridgehead atoms. The van der Waals surface area contributed by atoms with Crippen molar-refractivity contribution in [2.24, 2.45) is 0 Å². The van der Waals surface area contributed by atoms with Crippen LogP contribution in [0.4, 0.5) is 0 Å². The average molecular weight is 466 g/mol. The van der Waals surface area contributed by atoms with Crippen molar-refractivity contribution in [3.63, 3.8) is 0 Å². The predicted octanol–water partition coefficient (Wildman–Crippen LogP) is 4.11. The summed E-state index contributed by atoms with van der Waals surface area (Å²) in [5.41, 5.74) is 0. The second-order valence-corrected chi connectivity index (χ2v) is 7.03. The molecule has 0 atom stereocenters. The van der Waals surface area contributed by atoms with Crippen molar-refractivity contribution in [1.29, 1.82) is 0 Å². The van der Waals surface area contributed by atoms with Gasteiger partial charge in [0.25, 0.3) is 0 Å². The van der Waals surface area contributed by atoms with E-state index < -0.39 is 0 Å². The van der Waals surface area contributed by atoms with E-state index in [1.165, 1.54) is 0 Å². The van der Waals surface area contributed by atoms with Gasteiger partial charge in [0.2, 0.25) is 0 Å². The zero-order valence-electron chi connectivity index (χ0n) is 13.8. The van der Waals surface area contributed by atoms with E-state index in [0.29, 0.717) is 0 Å². The summed E-state index contributed by atoms with van der Waals surface area (Å²) in [6.07, 6.45) is 20.0. The van der Waals surface area contributed by atoms with E-state index in [4.69, 9.17) is 0 Å². The van der Waals surface area contributed by atoms with Crippen molar-refractivity contribution >= 4 is 43.7 Å². The first-order valence-corrected chi connectivity index (χ1v) is 8.58. The van der Waals surface area contributed by atoms with E-state index in [2.05, 4.69) is 55.6 Å². The van der Waals surface area contributed by atoms with Gasteiger partial charge in [0.05, 0.1) is 0 Å². The summed E-state index contributed by atoms with van der Waals surface area (Å²) in [7, 11) is 0. The van der Waals surface area contributed by atoms with Crippen LogP contribution in [0.2, 0.25) is 0 Å². The van der Waals surface area contributed by atoms with Crippen LogP contribution < -0.4 is 0 Å². The second-order valence-electron chi connectivity index (χ2n) is 4.86. The maximum absolute atomic E-state index is 2.99. The Hall–Kier alpha value is 1.02. The van der Waals surface area contributed by atoms with E-state index in [0.717, 1.165) is 43.8 Å². The summed E-state index contributed by atoms with van der Waals surface area (Å²) in [6, 6.07) is 1.52. The number of halogens is 2. The molecule has 0 unspecified atom stereocenters. The second kappa shape index (κ2) is 21.0. The van der Waals surface area contributed by atoms with E-state index in [-0.39, 0.29) is 51.0 Å². The molecule has 118 valence electrons. The summed E-state index contributed by atoms with van der Waals surface area (Å²) in [6.45, 7) is 9.02. The van der Waals surface area contributed by atoms with Crippen LogP contribution in [0.3, 0.4) is 0 Å². The van der Waals surface area contributed by atoms with Gasteiger partial charge in [0.1, 0.15) is 0 Å². The Balaban J connectivity index is -0.0000000989. The standard InChI is InChI=1S/C6H14N.2C5H5.2ClH.Ga.Zr.2H/c1-5(2)7-6(3)4;2*1-2-4-5-3-1;;;;;;/h5-6H,1-4H3;2*1-3H,4H2;2*1H;;;;/q3*-1;;;+1;+2;;. The third-order valence-corrected chi connectivity index (χ3v) is 7.13. The largest absolute Gasteiger partial charge is 2.00 e. The van der Waals surface area contributed by atoms with Crippen molar-refractivity contribution in [2.45, 2.75) is 52.6 Å². The predicted molar refractivity (Wildman–Crippen MR) is 98.3 cm³/mol. The Kier molecular flexibility index (Phi) is 30.0. The summed E-state index contributed by atoms with van der Waals surface area (Å²) < 4.78 is 2.52. The van der Waals surface area contributed by atoms with E-state index in [1.807, 2.05) is 24.3 Å². The molecule has 0 fully saturated rings. The first-order chi connectivity index (χ1) is 8.55. The maximum atomic E-state index is 2.99. The van der Waals surface area contributed by atoms with Crippen LogP contribution in [0.25, 0.3) is 0 Å². The molecule has 5 heteroatoms. The number of hydrogen-bond acceptors (Lipinski definition) is 1. The Bertz CT molecular complexity index is 263. The molecule has 0 saturated heterocycles. The van der Waals surface area contributed by atoms with Gasteiger partial charge in [-0.3, -0.25) is 12.2 Å². The molecule has 0 amide bonds. The molecule has 2 rings (SSSR count). The molecule has 0 aromatic heterocycles. The van der Waals surface area contributed by atoms with Gasteiger partial charge in [-0.25, -0.2) is 24.3 Å². The van der Waals surface area contributed by atoms with Crippen LogP contribution in [0.1, 0.15) is 40.5 Å². The molecule has 21 heavy (non-hydrogen) atoms. The van der Waals surface area contributed by atoms with Crippen molar-refractivity contribution in [3.05, 3.63) is 48.6 Å². The Morgan fingerprint density at radius 2 is 1.19 bits per heavy atom. The zero-order chi connectivity index (χ0) is 13.8. The minimum atomic E-state index is 0. The van der Waals surface area contributed by atoms with Gasteiger partial charge >= 0.3 is 88.4 Å². The van der Waals surface area contributed by atoms with E-state index in [1.54, 1.807) is 0 Å². The number of allylic oxidation sites excluding steroid dienone is 8. The molecule has 0 aliphatic heterocycles. The minimum absolute atomic E-state index is 0. The fourth-order valence-electron chi connectivity index (χ4n) is 1.28. The van der Waals surface area contributed by atoms with Crippen LogP contribution in [-0.2, 0) is 26.2 Å². The first kappa shape index (κ1) is 30.0. The minimum Gasteiger partial charge on any atom is -0.273 e. The number of hydrogen-bond donors (Lipinski definition) is 0. The van der Waals surface area contributed by atoms with Crippen molar-refractivity contribution in [3.8, 4) is 0 Å². The van der Waals surface area contributed by atoms with Crippen molar-refractivity contribution in [2.75, 3.05) is 0 Å². The SMILES string of the molecule is CC(C)[N]([GaH2])C(C)C.Cl.Cl.[C-]1=CC=CC1.[C-]1=CC=CC1.[Zr+2]. The molecular weight excluding hydrogens is 438 g/mol. The van der Waals surface area contributed by atoms with Crippen molar-refractivity contribution in [1.82, 2.24) is 3.61 Å². The average Bonchev–Trinajstić information content (AvgIpc) is 3.05. The number of rotatable bonds is 2. The molecule has 0 radical (unpaired) electrons. The third-order valence-electron chi connectivity index (χ3n) is 2.80. The number of nitrogens with zero attached hydrogens (tertiary/aromatic N) is 1. The van der Waals surface area contributed by atoms with Gasteiger partial charge < -0.3 is 0 Å². The Morgan fingerprint density at radius 1 is 0.857 bits per heavy atom. The quantitative estimate of drug-likeness (QED) is 0.438. The fourth-order valence-corrected chi connectivity index (χ4v) is 1.28. The summed E-state index contributed by atoms with van der Waals surface area (Å²) in [4.78, 5) is 0. The molecule has 0 saturated carbocycles. The molecule has 2 aliphatic rings. The molecular formula is C16H28Cl2GaNZr. The first-order valence-electron chi connectivity index (χ1n) is 6.71. The van der Waals surface area contributed by atoms with Gasteiger partial charge in [0, 0.05) is 0 Å². The maximum Gasteiger partial charge on any atom is 2.00 e. The molecule has 1 nitrogen and oxygen atoms in total. The van der Waals surface area contributed by atoms with Crippen LogP contribution in [-0.4, -0.2) is 34.5 Å². The molecule has 0 aromatic rings. The monoisotopic (exact) mass is 463 g/mol. The summed E-state index contributed by atoms with van der Waals surface area (Å²) in [5, 5.41) is 0. The fraction of sp³-hybridized carbons (Fsp3) is 0.500. The van der Waals surface area contributed by atoms with Crippen LogP contribution in [0.15, 0.2) is 36.5 Å². The van der Waals surface area contributed by atoms with Crippen LogP contribution in [0.5, 0.6) is 0 Å². The molecule has 0 spiro atoms. The van der Waals surface area contributed by atoms with Gasteiger partial charge in [-0.1, -0.05) is 0 Å². The Labute approximate surface area is 173 Å². The summed E-state index contributed by atoms with van der Waals surface area (Å²) in [5.74, 6) is 0. The molecule has 0 heterocycles. The molecule has 0 N–H and O–H groups in total. The van der Waals surface area contributed by atoms with Gasteiger partial charge in [-0.15, -0.1) is 37.7 Å². The smallest absolute Gasteiger partial charge is 0.273 e. The van der Waals surface area contributed by atoms with Gasteiger partial charge in [-0.2, -0.15) is 12.2 Å². The Morgan fingerprint density at radius 3 is 1.24 bits per heavy atom. The summed E-state index contributed by atoms with van der Waals surface area (Å²) >= 11 is 0.856. The van der Waals surface area contributed by atoms with Crippen LogP contribution >= 0.6 is 24.8 Å². The normalized spacial score (nSPS) is 12.9. The third kappa shape index (κ3) is 21.0. The van der Waals surface area contributed by atoms with Gasteiger partial charge in [-0.05, 0) is 0 Å². The topological polar surface area (TPSA) is 3.24 Å². The molecule has 2 aliphatic carbocycles. The van der Waals surface area contributed by atoms with E-state index >= 15 is 0 Å².